The number of aromatic nitrogens is 4. The molecule has 1 fully saturated rings. The Morgan fingerprint density at radius 1 is 1.46 bits per heavy atom. The van der Waals surface area contributed by atoms with Crippen LogP contribution in [0.3, 0.4) is 0 Å². The first-order valence-electron chi connectivity index (χ1n) is 7.50. The van der Waals surface area contributed by atoms with Gasteiger partial charge in [0, 0.05) is 13.0 Å². The van der Waals surface area contributed by atoms with Gasteiger partial charge in [-0.25, -0.2) is 4.98 Å². The van der Waals surface area contributed by atoms with Gasteiger partial charge < -0.3 is 25.4 Å². The Morgan fingerprint density at radius 2 is 2.25 bits per heavy atom. The van der Waals surface area contributed by atoms with Crippen molar-refractivity contribution < 1.29 is 20.1 Å². The van der Waals surface area contributed by atoms with Crippen molar-refractivity contribution in [1.82, 2.24) is 19.1 Å². The first-order chi connectivity index (χ1) is 11.5. The van der Waals surface area contributed by atoms with Crippen molar-refractivity contribution in [3.63, 3.8) is 0 Å². The first-order valence-corrected chi connectivity index (χ1v) is 8.41. The number of rotatable bonds is 2. The fraction of sp³-hybridized carbons (Fsp3) is 0.615. The van der Waals surface area contributed by atoms with E-state index < -0.39 is 24.7 Å². The van der Waals surface area contributed by atoms with Gasteiger partial charge in [-0.2, -0.15) is 4.98 Å². The summed E-state index contributed by atoms with van der Waals surface area (Å²) in [5.74, 6) is 0.245. The third kappa shape index (κ3) is 2.35. The first kappa shape index (κ1) is 16.0. The largest absolute Gasteiger partial charge is 0.394 e. The number of alkyl halides is 1. The molecule has 0 amide bonds. The quantitative estimate of drug-likeness (QED) is 0.458. The van der Waals surface area contributed by atoms with Crippen LogP contribution in [0.15, 0.2) is 11.1 Å². The summed E-state index contributed by atoms with van der Waals surface area (Å²) < 4.78 is 8.56. The molecule has 0 aliphatic carbocycles. The number of nitrogens with one attached hydrogen (secondary N) is 1. The monoisotopic (exact) mass is 401 g/mol. The van der Waals surface area contributed by atoms with Gasteiger partial charge in [-0.3, -0.25) is 13.9 Å². The van der Waals surface area contributed by atoms with Crippen molar-refractivity contribution in [2.75, 3.05) is 11.9 Å². The molecule has 0 unspecified atom stereocenters. The average molecular weight is 402 g/mol. The second-order valence-corrected chi connectivity index (χ2v) is 7.07. The summed E-state index contributed by atoms with van der Waals surface area (Å²) >= 11 is 3.30. The topological polar surface area (TPSA) is 135 Å². The summed E-state index contributed by atoms with van der Waals surface area (Å²) in [6, 6.07) is 0. The van der Waals surface area contributed by atoms with E-state index in [4.69, 9.17) is 4.74 Å². The molecule has 24 heavy (non-hydrogen) atoms. The zero-order chi connectivity index (χ0) is 17.0. The minimum Gasteiger partial charge on any atom is -0.394 e. The molecular formula is C13H16BrN5O5. The van der Waals surface area contributed by atoms with Gasteiger partial charge in [0.25, 0.3) is 5.56 Å². The third-order valence-corrected chi connectivity index (χ3v) is 5.14. The molecule has 5 atom stereocenters. The van der Waals surface area contributed by atoms with Gasteiger partial charge in [-0.05, 0) is 0 Å². The lowest BCUT2D eigenvalue weighted by atomic mass is 10.2. The van der Waals surface area contributed by atoms with Crippen LogP contribution in [0, 0.1) is 0 Å². The zero-order valence-electron chi connectivity index (χ0n) is 12.4. The van der Waals surface area contributed by atoms with E-state index in [2.05, 4.69) is 31.2 Å². The number of ether oxygens (including phenoxy) is 1. The molecule has 1 saturated heterocycles. The lowest BCUT2D eigenvalue weighted by Gasteiger charge is -2.27. The van der Waals surface area contributed by atoms with E-state index in [-0.39, 0.29) is 41.4 Å². The van der Waals surface area contributed by atoms with E-state index in [0.717, 1.165) is 0 Å². The lowest BCUT2D eigenvalue weighted by Crippen LogP contribution is -2.43. The fourth-order valence-electron chi connectivity index (χ4n) is 3.04. The molecule has 130 valence electrons. The molecule has 2 aliphatic heterocycles. The number of anilines is 1. The molecule has 0 saturated carbocycles. The van der Waals surface area contributed by atoms with Crippen LogP contribution in [0.4, 0.5) is 5.95 Å². The minimum absolute atomic E-state index is 0.183. The number of imidazole rings is 1. The number of fused-ring (bicyclic) bond motifs is 2. The summed E-state index contributed by atoms with van der Waals surface area (Å²) in [7, 11) is 0. The van der Waals surface area contributed by atoms with Gasteiger partial charge in [0.15, 0.2) is 11.2 Å². The van der Waals surface area contributed by atoms with Crippen molar-refractivity contribution in [2.45, 2.75) is 42.5 Å². The minimum atomic E-state index is -0.867. The summed E-state index contributed by atoms with van der Waals surface area (Å²) in [5.41, 5.74) is 0.159. The van der Waals surface area contributed by atoms with Gasteiger partial charge in [0.2, 0.25) is 5.95 Å². The number of aliphatic hydroxyl groups is 3. The molecular weight excluding hydrogens is 386 g/mol. The van der Waals surface area contributed by atoms with E-state index in [9.17, 15) is 20.1 Å². The Morgan fingerprint density at radius 3 is 2.96 bits per heavy atom. The van der Waals surface area contributed by atoms with Crippen LogP contribution >= 0.6 is 15.9 Å². The van der Waals surface area contributed by atoms with Gasteiger partial charge in [-0.15, -0.1) is 0 Å². The van der Waals surface area contributed by atoms with Crippen molar-refractivity contribution in [3.8, 4) is 0 Å². The standard InChI is InChI=1S/C13H16BrN5O5/c14-5-2-18-12(23)9-10(16-13(18)17-11(5)22)19(4-15-9)8-1-6(21)7(3-20)24-8/h4-8,11,20-22H,1-3H2,(H,16,17)/t5-,6+,7-,8-,11+/m1/s1. The van der Waals surface area contributed by atoms with Crippen LogP contribution in [0.1, 0.15) is 12.6 Å². The number of halogens is 1. The van der Waals surface area contributed by atoms with Crippen LogP contribution in [0.25, 0.3) is 11.2 Å². The number of hydrogen-bond acceptors (Lipinski definition) is 8. The van der Waals surface area contributed by atoms with E-state index in [1.54, 1.807) is 4.57 Å². The number of aliphatic hydroxyl groups excluding tert-OH is 3. The highest BCUT2D eigenvalue weighted by Crippen LogP contribution is 2.30. The van der Waals surface area contributed by atoms with Gasteiger partial charge >= 0.3 is 0 Å². The fourth-order valence-corrected chi connectivity index (χ4v) is 3.46. The predicted octanol–water partition coefficient (Wildman–Crippen LogP) is -1.26. The highest BCUT2D eigenvalue weighted by atomic mass is 79.9. The van der Waals surface area contributed by atoms with Gasteiger partial charge in [0.05, 0.1) is 23.9 Å². The molecule has 0 spiro atoms. The predicted molar refractivity (Wildman–Crippen MR) is 85.8 cm³/mol. The second-order valence-electron chi connectivity index (χ2n) is 5.90. The normalized spacial score (nSPS) is 32.8. The van der Waals surface area contributed by atoms with Crippen molar-refractivity contribution in [3.05, 3.63) is 16.7 Å². The average Bonchev–Trinajstić information content (AvgIpc) is 3.13. The molecule has 4 heterocycles. The van der Waals surface area contributed by atoms with Crippen molar-refractivity contribution in [2.24, 2.45) is 0 Å². The summed E-state index contributed by atoms with van der Waals surface area (Å²) in [4.78, 5) is 20.8. The van der Waals surface area contributed by atoms with Crippen molar-refractivity contribution in [1.29, 1.82) is 0 Å². The maximum Gasteiger partial charge on any atom is 0.283 e. The van der Waals surface area contributed by atoms with E-state index >= 15 is 0 Å². The van der Waals surface area contributed by atoms with Gasteiger partial charge in [-0.1, -0.05) is 15.9 Å². The maximum absolute atomic E-state index is 12.6. The molecule has 0 radical (unpaired) electrons. The molecule has 10 nitrogen and oxygen atoms in total. The number of nitrogens with zero attached hydrogens (tertiary/aromatic N) is 4. The molecule has 2 aromatic rings. The van der Waals surface area contributed by atoms with Crippen LogP contribution in [0.2, 0.25) is 0 Å². The smallest absolute Gasteiger partial charge is 0.283 e. The Balaban J connectivity index is 1.79. The molecule has 11 heteroatoms. The molecule has 4 N–H and O–H groups in total. The molecule has 2 aliphatic rings. The SMILES string of the molecule is O=c1c2ncn([C@H]3C[C@H](O)[C@@H](CO)O3)c2nc2n1C[C@@H](Br)[C@H](O)N2. The van der Waals surface area contributed by atoms with E-state index in [1.807, 2.05) is 0 Å². The van der Waals surface area contributed by atoms with E-state index in [0.29, 0.717) is 5.65 Å². The maximum atomic E-state index is 12.6. The lowest BCUT2D eigenvalue weighted by molar-refractivity contribution is -0.0432. The Kier molecular flexibility index (Phi) is 3.84. The Hall–Kier alpha value is -1.53. The van der Waals surface area contributed by atoms with Gasteiger partial charge in [0.1, 0.15) is 18.6 Å². The Labute approximate surface area is 143 Å². The van der Waals surface area contributed by atoms with E-state index in [1.165, 1.54) is 10.9 Å². The molecule has 2 aromatic heterocycles. The second kappa shape index (κ2) is 5.77. The molecule has 0 aromatic carbocycles. The highest BCUT2D eigenvalue weighted by Gasteiger charge is 2.36. The number of hydrogen-bond donors (Lipinski definition) is 4. The summed E-state index contributed by atoms with van der Waals surface area (Å²) in [5, 5.41) is 31.8. The van der Waals surface area contributed by atoms with Crippen LogP contribution in [-0.4, -0.2) is 64.3 Å². The van der Waals surface area contributed by atoms with Crippen molar-refractivity contribution >= 4 is 33.0 Å². The Bertz CT molecular complexity index is 838. The zero-order valence-corrected chi connectivity index (χ0v) is 14.0. The summed E-state index contributed by atoms with van der Waals surface area (Å²) in [6.07, 6.45) is -1.23. The summed E-state index contributed by atoms with van der Waals surface area (Å²) in [6.45, 7) is -0.0282. The molecule has 4 rings (SSSR count). The molecule has 0 bridgehead atoms. The highest BCUT2D eigenvalue weighted by molar-refractivity contribution is 9.09. The van der Waals surface area contributed by atoms with Crippen LogP contribution in [-0.2, 0) is 11.3 Å². The van der Waals surface area contributed by atoms with Crippen LogP contribution in [0.5, 0.6) is 0 Å². The van der Waals surface area contributed by atoms with Crippen LogP contribution < -0.4 is 10.9 Å². The third-order valence-electron chi connectivity index (χ3n) is 4.35.